The van der Waals surface area contributed by atoms with Gasteiger partial charge in [0.25, 0.3) is 5.56 Å². The van der Waals surface area contributed by atoms with Crippen molar-refractivity contribution in [1.82, 2.24) is 19.9 Å². The van der Waals surface area contributed by atoms with E-state index in [1.807, 2.05) is 18.2 Å². The van der Waals surface area contributed by atoms with Crippen LogP contribution in [0.2, 0.25) is 0 Å². The molecule has 1 aromatic carbocycles. The summed E-state index contributed by atoms with van der Waals surface area (Å²) in [4.78, 5) is 23.9. The monoisotopic (exact) mass is 452 g/mol. The van der Waals surface area contributed by atoms with Gasteiger partial charge in [0.15, 0.2) is 11.6 Å². The van der Waals surface area contributed by atoms with Crippen molar-refractivity contribution >= 4 is 21.6 Å². The van der Waals surface area contributed by atoms with E-state index in [-0.39, 0.29) is 18.1 Å². The third-order valence-corrected chi connectivity index (χ3v) is 7.15. The second-order valence-electron chi connectivity index (χ2n) is 8.03. The zero-order chi connectivity index (χ0) is 22.1. The maximum Gasteiger partial charge on any atom is 0.262 e. The second-order valence-corrected chi connectivity index (χ2v) is 9.12. The first-order chi connectivity index (χ1) is 15.6. The Hall–Kier alpha value is -2.97. The number of nitrogens with zero attached hydrogens (tertiary/aromatic N) is 3. The average molecular weight is 453 g/mol. The first kappa shape index (κ1) is 20.9. The lowest BCUT2D eigenvalue weighted by Crippen LogP contribution is -2.34. The number of hydrogen-bond acceptors (Lipinski definition) is 5. The molecule has 0 aliphatic heterocycles. The first-order valence-electron chi connectivity index (χ1n) is 10.7. The molecule has 1 N–H and O–H groups in total. The predicted molar refractivity (Wildman–Crippen MR) is 121 cm³/mol. The Bertz CT molecular complexity index is 1320. The largest absolute Gasteiger partial charge is 0.309 e. The minimum Gasteiger partial charge on any atom is -0.309 e. The zero-order valence-corrected chi connectivity index (χ0v) is 18.2. The van der Waals surface area contributed by atoms with Crippen molar-refractivity contribution in [3.05, 3.63) is 92.6 Å². The van der Waals surface area contributed by atoms with Crippen LogP contribution in [0.3, 0.4) is 0 Å². The summed E-state index contributed by atoms with van der Waals surface area (Å²) in [5.41, 5.74) is 2.35. The third kappa shape index (κ3) is 4.08. The van der Waals surface area contributed by atoms with Gasteiger partial charge in [-0.2, -0.15) is 0 Å². The fraction of sp³-hybridized carbons (Fsp3) is 0.292. The Kier molecular flexibility index (Phi) is 5.80. The Morgan fingerprint density at radius 1 is 1.16 bits per heavy atom. The van der Waals surface area contributed by atoms with E-state index in [0.717, 1.165) is 51.7 Å². The van der Waals surface area contributed by atoms with Crippen molar-refractivity contribution in [1.29, 1.82) is 0 Å². The van der Waals surface area contributed by atoms with Gasteiger partial charge in [0.05, 0.1) is 11.7 Å². The van der Waals surface area contributed by atoms with Gasteiger partial charge in [-0.3, -0.25) is 14.3 Å². The van der Waals surface area contributed by atoms with Gasteiger partial charge in [0, 0.05) is 47.9 Å². The highest BCUT2D eigenvalue weighted by Gasteiger charge is 2.25. The Labute approximate surface area is 187 Å². The summed E-state index contributed by atoms with van der Waals surface area (Å²) in [6.07, 6.45) is 6.39. The van der Waals surface area contributed by atoms with Gasteiger partial charge in [0.1, 0.15) is 4.83 Å². The SMILES string of the molecule is O=c1c2c3c(sc2ncn1CCc1ccccn1)C[C@H](NCc1cccc(F)c1F)CC3. The van der Waals surface area contributed by atoms with E-state index in [1.165, 1.54) is 6.07 Å². The molecular formula is C24H22F2N4OS. The fourth-order valence-electron chi connectivity index (χ4n) is 4.25. The quantitative estimate of drug-likeness (QED) is 0.480. The van der Waals surface area contributed by atoms with Crippen molar-refractivity contribution in [2.45, 2.75) is 44.8 Å². The summed E-state index contributed by atoms with van der Waals surface area (Å²) in [6, 6.07) is 10.1. The molecule has 32 heavy (non-hydrogen) atoms. The summed E-state index contributed by atoms with van der Waals surface area (Å²) in [7, 11) is 0. The van der Waals surface area contributed by atoms with E-state index in [2.05, 4.69) is 15.3 Å². The van der Waals surface area contributed by atoms with Crippen LogP contribution >= 0.6 is 11.3 Å². The van der Waals surface area contributed by atoms with Crippen LogP contribution in [0, 0.1) is 11.6 Å². The van der Waals surface area contributed by atoms with Crippen molar-refractivity contribution < 1.29 is 8.78 Å². The zero-order valence-electron chi connectivity index (χ0n) is 17.4. The maximum atomic E-state index is 13.9. The number of aryl methyl sites for hydroxylation is 3. The van der Waals surface area contributed by atoms with Crippen molar-refractivity contribution in [2.75, 3.05) is 0 Å². The predicted octanol–water partition coefficient (Wildman–Crippen LogP) is 4.02. The van der Waals surface area contributed by atoms with Crippen molar-refractivity contribution in [2.24, 2.45) is 0 Å². The van der Waals surface area contributed by atoms with E-state index in [1.54, 1.807) is 34.5 Å². The molecule has 0 amide bonds. The number of hydrogen-bond donors (Lipinski definition) is 1. The molecule has 0 saturated heterocycles. The molecule has 0 spiro atoms. The molecule has 3 aromatic heterocycles. The molecule has 1 aliphatic rings. The molecule has 0 bridgehead atoms. The van der Waals surface area contributed by atoms with Crippen LogP contribution in [-0.4, -0.2) is 20.6 Å². The number of aromatic nitrogens is 3. The highest BCUT2D eigenvalue weighted by atomic mass is 32.1. The molecule has 0 saturated carbocycles. The summed E-state index contributed by atoms with van der Waals surface area (Å²) in [5, 5.41) is 4.07. The number of pyridine rings is 1. The van der Waals surface area contributed by atoms with Crippen LogP contribution in [0.25, 0.3) is 10.2 Å². The molecule has 5 rings (SSSR count). The summed E-state index contributed by atoms with van der Waals surface area (Å²) in [5.74, 6) is -1.63. The Morgan fingerprint density at radius 3 is 2.91 bits per heavy atom. The number of nitrogens with one attached hydrogen (secondary N) is 1. The molecule has 8 heteroatoms. The van der Waals surface area contributed by atoms with Gasteiger partial charge >= 0.3 is 0 Å². The van der Waals surface area contributed by atoms with E-state index in [0.29, 0.717) is 18.5 Å². The number of halogens is 2. The molecule has 1 atom stereocenters. The van der Waals surface area contributed by atoms with Crippen LogP contribution in [0.4, 0.5) is 8.78 Å². The molecule has 0 radical (unpaired) electrons. The lowest BCUT2D eigenvalue weighted by atomic mass is 9.93. The van der Waals surface area contributed by atoms with Gasteiger partial charge < -0.3 is 5.32 Å². The number of fused-ring (bicyclic) bond motifs is 3. The van der Waals surface area contributed by atoms with Crippen LogP contribution in [0.15, 0.2) is 53.7 Å². The van der Waals surface area contributed by atoms with E-state index in [9.17, 15) is 13.6 Å². The Balaban J connectivity index is 1.32. The molecular weight excluding hydrogens is 430 g/mol. The number of benzene rings is 1. The smallest absolute Gasteiger partial charge is 0.262 e. The van der Waals surface area contributed by atoms with Crippen LogP contribution in [0.5, 0.6) is 0 Å². The Morgan fingerprint density at radius 2 is 2.06 bits per heavy atom. The summed E-state index contributed by atoms with van der Waals surface area (Å²) in [6.45, 7) is 0.805. The van der Waals surface area contributed by atoms with Crippen LogP contribution in [-0.2, 0) is 32.4 Å². The number of rotatable bonds is 6. The van der Waals surface area contributed by atoms with Gasteiger partial charge in [-0.25, -0.2) is 13.8 Å². The minimum absolute atomic E-state index is 0.00308. The highest BCUT2D eigenvalue weighted by Crippen LogP contribution is 2.33. The molecule has 4 aromatic rings. The molecule has 1 aliphatic carbocycles. The average Bonchev–Trinajstić information content (AvgIpc) is 3.19. The first-order valence-corrected chi connectivity index (χ1v) is 11.5. The number of thiophene rings is 1. The molecule has 0 unspecified atom stereocenters. The highest BCUT2D eigenvalue weighted by molar-refractivity contribution is 7.18. The maximum absolute atomic E-state index is 13.9. The molecule has 0 fully saturated rings. The van der Waals surface area contributed by atoms with E-state index < -0.39 is 11.6 Å². The third-order valence-electron chi connectivity index (χ3n) is 5.98. The van der Waals surface area contributed by atoms with E-state index in [4.69, 9.17) is 0 Å². The molecule has 3 heterocycles. The standard InChI is InChI=1S/C24H22F2N4OS/c25-19-6-3-4-15(22(19)26)13-28-17-7-8-18-20(12-17)32-23-21(18)24(31)30(14-29-23)11-9-16-5-1-2-10-27-16/h1-6,10,14,17,28H,7-9,11-13H2/t17-/m1/s1. The fourth-order valence-corrected chi connectivity index (χ4v) is 5.51. The van der Waals surface area contributed by atoms with Gasteiger partial charge in [-0.1, -0.05) is 18.2 Å². The second kappa shape index (κ2) is 8.88. The van der Waals surface area contributed by atoms with Gasteiger partial charge in [0.2, 0.25) is 0 Å². The van der Waals surface area contributed by atoms with Crippen molar-refractivity contribution in [3.63, 3.8) is 0 Å². The van der Waals surface area contributed by atoms with Crippen LogP contribution < -0.4 is 10.9 Å². The minimum atomic E-state index is -0.829. The normalized spacial score (nSPS) is 15.8. The van der Waals surface area contributed by atoms with Gasteiger partial charge in [-0.05, 0) is 43.0 Å². The molecule has 164 valence electrons. The lowest BCUT2D eigenvalue weighted by molar-refractivity contribution is 0.445. The topological polar surface area (TPSA) is 59.8 Å². The molecule has 5 nitrogen and oxygen atoms in total. The van der Waals surface area contributed by atoms with Crippen molar-refractivity contribution in [3.8, 4) is 0 Å². The summed E-state index contributed by atoms with van der Waals surface area (Å²) >= 11 is 1.56. The van der Waals surface area contributed by atoms with Gasteiger partial charge in [-0.15, -0.1) is 11.3 Å². The lowest BCUT2D eigenvalue weighted by Gasteiger charge is -2.23. The van der Waals surface area contributed by atoms with E-state index >= 15 is 0 Å². The summed E-state index contributed by atoms with van der Waals surface area (Å²) < 4.78 is 29.0. The van der Waals surface area contributed by atoms with Crippen LogP contribution in [0.1, 0.15) is 28.1 Å².